The van der Waals surface area contributed by atoms with E-state index in [2.05, 4.69) is 0 Å². The first-order valence-corrected chi connectivity index (χ1v) is 6.73. The predicted octanol–water partition coefficient (Wildman–Crippen LogP) is 4.88. The fraction of sp³-hybridized carbons (Fsp3) is 0.143. The van der Waals surface area contributed by atoms with Crippen LogP contribution in [-0.2, 0) is 0 Å². The molecule has 0 bridgehead atoms. The monoisotopic (exact) mass is 334 g/mol. The van der Waals surface area contributed by atoms with Crippen molar-refractivity contribution in [2.45, 2.75) is 6.10 Å². The molecule has 2 rings (SSSR count). The maximum Gasteiger partial charge on any atom is 0.138 e. The average molecular weight is 336 g/mol. The van der Waals surface area contributed by atoms with Crippen molar-refractivity contribution in [1.82, 2.24) is 0 Å². The van der Waals surface area contributed by atoms with Gasteiger partial charge >= 0.3 is 0 Å². The second kappa shape index (κ2) is 6.19. The molecule has 6 heteroatoms. The van der Waals surface area contributed by atoms with Gasteiger partial charge in [0.2, 0.25) is 0 Å². The molecule has 20 heavy (non-hydrogen) atoms. The van der Waals surface area contributed by atoms with E-state index >= 15 is 0 Å². The molecule has 1 unspecified atom stereocenters. The molecule has 0 spiro atoms. The highest BCUT2D eigenvalue weighted by atomic mass is 35.5. The number of rotatable bonds is 3. The number of halogens is 4. The smallest absolute Gasteiger partial charge is 0.138 e. The van der Waals surface area contributed by atoms with Gasteiger partial charge in [0.15, 0.2) is 0 Å². The molecule has 0 aliphatic heterocycles. The molecule has 0 fully saturated rings. The summed E-state index contributed by atoms with van der Waals surface area (Å²) in [7, 11) is 1.45. The molecule has 1 N–H and O–H groups in total. The number of aliphatic hydroxyl groups is 1. The number of hydrogen-bond donors (Lipinski definition) is 1. The summed E-state index contributed by atoms with van der Waals surface area (Å²) in [6.45, 7) is 0. The van der Waals surface area contributed by atoms with Gasteiger partial charge in [-0.3, -0.25) is 0 Å². The number of benzene rings is 2. The minimum atomic E-state index is -1.27. The van der Waals surface area contributed by atoms with E-state index in [1.165, 1.54) is 37.4 Å². The standard InChI is InChI=1S/C14H10Cl3FO2/c1-20-13-6-10(16)8(5-11(13)17)14(19)9-4-7(15)2-3-12(9)18/h2-6,14,19H,1H3. The number of methoxy groups -OCH3 is 1. The first kappa shape index (κ1) is 15.4. The third kappa shape index (κ3) is 3.01. The van der Waals surface area contributed by atoms with Crippen molar-refractivity contribution in [1.29, 1.82) is 0 Å². The van der Waals surface area contributed by atoms with E-state index in [1.54, 1.807) is 0 Å². The summed E-state index contributed by atoms with van der Waals surface area (Å²) in [5.41, 5.74) is 0.305. The van der Waals surface area contributed by atoms with Crippen LogP contribution in [0.1, 0.15) is 17.2 Å². The van der Waals surface area contributed by atoms with Crippen LogP contribution in [0.25, 0.3) is 0 Å². The van der Waals surface area contributed by atoms with E-state index in [-0.39, 0.29) is 21.2 Å². The van der Waals surface area contributed by atoms with Crippen molar-refractivity contribution in [3.05, 3.63) is 62.3 Å². The molecule has 0 radical (unpaired) electrons. The van der Waals surface area contributed by atoms with Gasteiger partial charge in [0.1, 0.15) is 17.7 Å². The minimum Gasteiger partial charge on any atom is -0.495 e. The molecule has 0 amide bonds. The summed E-state index contributed by atoms with van der Waals surface area (Å²) < 4.78 is 18.8. The highest BCUT2D eigenvalue weighted by molar-refractivity contribution is 6.34. The fourth-order valence-corrected chi connectivity index (χ4v) is 2.49. The first-order chi connectivity index (χ1) is 9.43. The van der Waals surface area contributed by atoms with E-state index in [0.29, 0.717) is 10.8 Å². The summed E-state index contributed by atoms with van der Waals surface area (Å²) in [6, 6.07) is 6.82. The van der Waals surface area contributed by atoms with E-state index < -0.39 is 11.9 Å². The Hall–Kier alpha value is -1.00. The van der Waals surface area contributed by atoms with Crippen molar-refractivity contribution in [3.63, 3.8) is 0 Å². The van der Waals surface area contributed by atoms with Gasteiger partial charge in [-0.05, 0) is 24.3 Å². The van der Waals surface area contributed by atoms with Crippen LogP contribution < -0.4 is 4.74 Å². The first-order valence-electron chi connectivity index (χ1n) is 5.60. The molecule has 0 aromatic heterocycles. The van der Waals surface area contributed by atoms with Crippen LogP contribution in [0.15, 0.2) is 30.3 Å². The Morgan fingerprint density at radius 2 is 1.75 bits per heavy atom. The van der Waals surface area contributed by atoms with Gasteiger partial charge in [0.05, 0.1) is 17.2 Å². The molecule has 0 saturated carbocycles. The maximum atomic E-state index is 13.8. The largest absolute Gasteiger partial charge is 0.495 e. The van der Waals surface area contributed by atoms with Crippen molar-refractivity contribution in [2.24, 2.45) is 0 Å². The highest BCUT2D eigenvalue weighted by Gasteiger charge is 2.20. The van der Waals surface area contributed by atoms with E-state index in [4.69, 9.17) is 39.5 Å². The van der Waals surface area contributed by atoms with Gasteiger partial charge in [-0.2, -0.15) is 0 Å². The summed E-state index contributed by atoms with van der Waals surface area (Å²) >= 11 is 17.9. The molecule has 106 valence electrons. The van der Waals surface area contributed by atoms with Gasteiger partial charge in [-0.25, -0.2) is 4.39 Å². The quantitative estimate of drug-likeness (QED) is 0.866. The number of hydrogen-bond acceptors (Lipinski definition) is 2. The topological polar surface area (TPSA) is 29.5 Å². The fourth-order valence-electron chi connectivity index (χ4n) is 1.80. The lowest BCUT2D eigenvalue weighted by molar-refractivity contribution is 0.215. The SMILES string of the molecule is COc1cc(Cl)c(C(O)c2cc(Cl)ccc2F)cc1Cl. The van der Waals surface area contributed by atoms with Crippen molar-refractivity contribution < 1.29 is 14.2 Å². The molecular formula is C14H10Cl3FO2. The van der Waals surface area contributed by atoms with Crippen LogP contribution in [0.5, 0.6) is 5.75 Å². The Morgan fingerprint density at radius 3 is 2.40 bits per heavy atom. The second-order valence-electron chi connectivity index (χ2n) is 4.08. The Morgan fingerprint density at radius 1 is 1.05 bits per heavy atom. The zero-order chi connectivity index (χ0) is 14.9. The van der Waals surface area contributed by atoms with Gasteiger partial charge < -0.3 is 9.84 Å². The van der Waals surface area contributed by atoms with Crippen molar-refractivity contribution >= 4 is 34.8 Å². The molecule has 1 atom stereocenters. The molecule has 0 aliphatic carbocycles. The Balaban J connectivity index is 2.50. The van der Waals surface area contributed by atoms with Crippen LogP contribution in [0.3, 0.4) is 0 Å². The van der Waals surface area contributed by atoms with Crippen LogP contribution in [0, 0.1) is 5.82 Å². The lowest BCUT2D eigenvalue weighted by atomic mass is 10.0. The molecule has 2 aromatic carbocycles. The maximum absolute atomic E-state index is 13.8. The van der Waals surface area contributed by atoms with Gasteiger partial charge in [-0.1, -0.05) is 34.8 Å². The van der Waals surface area contributed by atoms with Gasteiger partial charge in [0, 0.05) is 22.2 Å². The minimum absolute atomic E-state index is 0.0284. The lowest BCUT2D eigenvalue weighted by Gasteiger charge is -2.16. The molecule has 2 nitrogen and oxygen atoms in total. The third-order valence-electron chi connectivity index (χ3n) is 2.82. The van der Waals surface area contributed by atoms with Gasteiger partial charge in [0.25, 0.3) is 0 Å². The average Bonchev–Trinajstić information content (AvgIpc) is 2.42. The number of aliphatic hydroxyl groups excluding tert-OH is 1. The number of ether oxygens (including phenoxy) is 1. The summed E-state index contributed by atoms with van der Waals surface area (Å²) in [4.78, 5) is 0. The zero-order valence-corrected chi connectivity index (χ0v) is 12.6. The lowest BCUT2D eigenvalue weighted by Crippen LogP contribution is -2.04. The van der Waals surface area contributed by atoms with Crippen molar-refractivity contribution in [2.75, 3.05) is 7.11 Å². The summed E-state index contributed by atoms with van der Waals surface area (Å²) in [5, 5.41) is 11.1. The second-order valence-corrected chi connectivity index (χ2v) is 5.33. The predicted molar refractivity (Wildman–Crippen MR) is 78.5 cm³/mol. The molecule has 0 heterocycles. The van der Waals surface area contributed by atoms with Crippen molar-refractivity contribution in [3.8, 4) is 5.75 Å². The Bertz CT molecular complexity index is 647. The van der Waals surface area contributed by atoms with E-state index in [9.17, 15) is 9.50 Å². The Kier molecular flexibility index (Phi) is 4.76. The van der Waals surface area contributed by atoms with E-state index in [1.807, 2.05) is 0 Å². The van der Waals surface area contributed by atoms with Crippen LogP contribution in [-0.4, -0.2) is 12.2 Å². The summed E-state index contributed by atoms with van der Waals surface area (Å²) in [6.07, 6.45) is -1.27. The third-order valence-corrected chi connectivity index (χ3v) is 3.68. The Labute approximate surface area is 130 Å². The molecule has 0 aliphatic rings. The van der Waals surface area contributed by atoms with Crippen LogP contribution >= 0.6 is 34.8 Å². The van der Waals surface area contributed by atoms with Crippen LogP contribution in [0.4, 0.5) is 4.39 Å². The highest BCUT2D eigenvalue weighted by Crippen LogP contribution is 2.37. The van der Waals surface area contributed by atoms with Crippen LogP contribution in [0.2, 0.25) is 15.1 Å². The molecule has 0 saturated heterocycles. The molecular weight excluding hydrogens is 326 g/mol. The zero-order valence-electron chi connectivity index (χ0n) is 10.3. The summed E-state index contributed by atoms with van der Waals surface area (Å²) in [5.74, 6) is -0.205. The van der Waals surface area contributed by atoms with Gasteiger partial charge in [-0.15, -0.1) is 0 Å². The normalized spacial score (nSPS) is 12.3. The van der Waals surface area contributed by atoms with E-state index in [0.717, 1.165) is 0 Å². The molecule has 2 aromatic rings.